The molecule has 0 unspecified atom stereocenters. The summed E-state index contributed by atoms with van der Waals surface area (Å²) in [7, 11) is 0. The smallest absolute Gasteiger partial charge is 0.336 e. The van der Waals surface area contributed by atoms with E-state index in [-0.39, 0.29) is 24.7 Å². The number of hydrogen-bond acceptors (Lipinski definition) is 5. The lowest BCUT2D eigenvalue weighted by molar-refractivity contribution is -0.0563. The van der Waals surface area contributed by atoms with Crippen molar-refractivity contribution in [2.75, 3.05) is 0 Å². The monoisotopic (exact) mass is 445 g/mol. The van der Waals surface area contributed by atoms with Crippen LogP contribution < -0.4 is 0 Å². The summed E-state index contributed by atoms with van der Waals surface area (Å²) in [6.07, 6.45) is 7.51. The van der Waals surface area contributed by atoms with Crippen molar-refractivity contribution in [3.8, 4) is 0 Å². The molecule has 2 aliphatic carbocycles. The molecule has 174 valence electrons. The van der Waals surface area contributed by atoms with Gasteiger partial charge in [0, 0.05) is 5.92 Å². The summed E-state index contributed by atoms with van der Waals surface area (Å²) in [6.45, 7) is 2.48. The van der Waals surface area contributed by atoms with Gasteiger partial charge in [0.1, 0.15) is 18.1 Å². The summed E-state index contributed by atoms with van der Waals surface area (Å²) < 4.78 is 31.2. The molecule has 1 heterocycles. The van der Waals surface area contributed by atoms with Crippen LogP contribution in [-0.2, 0) is 22.7 Å². The maximum absolute atomic E-state index is 13.4. The Labute approximate surface area is 188 Å². The zero-order valence-electron chi connectivity index (χ0n) is 18.6. The second kappa shape index (κ2) is 10.6. The zero-order chi connectivity index (χ0) is 22.5. The van der Waals surface area contributed by atoms with Gasteiger partial charge in [-0.15, -0.1) is 0 Å². The highest BCUT2D eigenvalue weighted by atomic mass is 19.1. The van der Waals surface area contributed by atoms with Gasteiger partial charge >= 0.3 is 5.97 Å². The van der Waals surface area contributed by atoms with Gasteiger partial charge in [-0.3, -0.25) is 0 Å². The van der Waals surface area contributed by atoms with Crippen molar-refractivity contribution in [3.63, 3.8) is 0 Å². The molecule has 4 rings (SSSR count). The predicted octanol–water partition coefficient (Wildman–Crippen LogP) is 5.72. The fourth-order valence-corrected chi connectivity index (χ4v) is 4.85. The second-order valence-electron chi connectivity index (χ2n) is 9.07. The molecular weight excluding hydrogens is 413 g/mol. The number of carbonyl (C=O) groups is 1. The second-order valence-corrected chi connectivity index (χ2v) is 9.07. The first-order valence-electron chi connectivity index (χ1n) is 11.6. The number of aryl methyl sites for hydroxylation is 1. The van der Waals surface area contributed by atoms with Gasteiger partial charge in [-0.05, 0) is 69.4 Å². The molecule has 2 aromatic rings. The quantitative estimate of drug-likeness (QED) is 0.559. The average Bonchev–Trinajstić information content (AvgIpc) is 3.26. The SMILES string of the molecule is Cc1cccc(CO[C@@H]2CCC[C@H](OCc3coc(C4CCC(F)CC4)n3)C2)c1C(=O)O. The maximum Gasteiger partial charge on any atom is 0.336 e. The van der Waals surface area contributed by atoms with Gasteiger partial charge < -0.3 is 19.0 Å². The Morgan fingerprint density at radius 1 is 1.12 bits per heavy atom. The van der Waals surface area contributed by atoms with E-state index in [4.69, 9.17) is 13.9 Å². The van der Waals surface area contributed by atoms with Crippen LogP contribution >= 0.6 is 0 Å². The Morgan fingerprint density at radius 2 is 1.84 bits per heavy atom. The highest BCUT2D eigenvalue weighted by molar-refractivity contribution is 5.91. The van der Waals surface area contributed by atoms with Crippen molar-refractivity contribution < 1.29 is 28.2 Å². The number of aromatic nitrogens is 1. The Bertz CT molecular complexity index is 905. The number of ether oxygens (including phenoxy) is 2. The number of benzene rings is 1. The molecule has 1 aromatic carbocycles. The van der Waals surface area contributed by atoms with Crippen LogP contribution in [0.5, 0.6) is 0 Å². The Morgan fingerprint density at radius 3 is 2.56 bits per heavy atom. The van der Waals surface area contributed by atoms with Gasteiger partial charge in [0.25, 0.3) is 0 Å². The van der Waals surface area contributed by atoms with E-state index in [0.717, 1.165) is 49.8 Å². The highest BCUT2D eigenvalue weighted by Gasteiger charge is 2.27. The lowest BCUT2D eigenvalue weighted by Crippen LogP contribution is -2.28. The molecule has 2 aliphatic rings. The van der Waals surface area contributed by atoms with Crippen LogP contribution in [0.1, 0.15) is 90.4 Å². The van der Waals surface area contributed by atoms with Crippen molar-refractivity contribution in [2.24, 2.45) is 0 Å². The Hall–Kier alpha value is -2.25. The van der Waals surface area contributed by atoms with Crippen molar-refractivity contribution in [1.29, 1.82) is 0 Å². The van der Waals surface area contributed by atoms with E-state index in [0.29, 0.717) is 36.5 Å². The van der Waals surface area contributed by atoms with Gasteiger partial charge in [-0.1, -0.05) is 18.2 Å². The molecule has 2 atom stereocenters. The molecule has 6 nitrogen and oxygen atoms in total. The molecule has 0 spiro atoms. The largest absolute Gasteiger partial charge is 0.478 e. The standard InChI is InChI=1S/C25H32FNO5/c1-16-4-2-5-18(23(16)25(28)29)13-30-21-6-3-7-22(12-21)31-14-20-15-32-24(27-20)17-8-10-19(26)11-9-17/h2,4-5,15,17,19,21-22H,3,6-14H2,1H3,(H,28,29)/t17?,19?,21-,22+/m1/s1. The van der Waals surface area contributed by atoms with Gasteiger partial charge in [-0.2, -0.15) is 0 Å². The molecule has 7 heteroatoms. The predicted molar refractivity (Wildman–Crippen MR) is 116 cm³/mol. The third kappa shape index (κ3) is 5.75. The molecule has 32 heavy (non-hydrogen) atoms. The molecule has 1 aromatic heterocycles. The number of oxazole rings is 1. The van der Waals surface area contributed by atoms with E-state index < -0.39 is 12.1 Å². The normalized spacial score (nSPS) is 26.2. The van der Waals surface area contributed by atoms with Crippen LogP contribution in [-0.4, -0.2) is 34.4 Å². The molecule has 2 saturated carbocycles. The van der Waals surface area contributed by atoms with Crippen LogP contribution in [0.15, 0.2) is 28.9 Å². The fourth-order valence-electron chi connectivity index (χ4n) is 4.85. The molecule has 0 aliphatic heterocycles. The number of hydrogen-bond donors (Lipinski definition) is 1. The van der Waals surface area contributed by atoms with E-state index >= 15 is 0 Å². The minimum Gasteiger partial charge on any atom is -0.478 e. The number of nitrogens with zero attached hydrogens (tertiary/aromatic N) is 1. The minimum absolute atomic E-state index is 0.0414. The molecule has 0 radical (unpaired) electrons. The third-order valence-corrected chi connectivity index (χ3v) is 6.67. The average molecular weight is 446 g/mol. The number of halogens is 1. The van der Waals surface area contributed by atoms with E-state index in [1.165, 1.54) is 0 Å². The van der Waals surface area contributed by atoms with E-state index in [1.54, 1.807) is 19.3 Å². The van der Waals surface area contributed by atoms with Crippen molar-refractivity contribution >= 4 is 5.97 Å². The summed E-state index contributed by atoms with van der Waals surface area (Å²) in [5.41, 5.74) is 2.56. The molecule has 0 bridgehead atoms. The molecule has 0 amide bonds. The first-order valence-corrected chi connectivity index (χ1v) is 11.6. The number of carboxylic acids is 1. The van der Waals surface area contributed by atoms with Crippen LogP contribution in [0, 0.1) is 6.92 Å². The van der Waals surface area contributed by atoms with E-state index in [9.17, 15) is 14.3 Å². The summed E-state index contributed by atoms with van der Waals surface area (Å²) in [5.74, 6) is -0.00968. The maximum atomic E-state index is 13.4. The van der Waals surface area contributed by atoms with Gasteiger partial charge in [0.05, 0.1) is 31.0 Å². The summed E-state index contributed by atoms with van der Waals surface area (Å²) >= 11 is 0. The molecule has 2 fully saturated rings. The first-order chi connectivity index (χ1) is 15.5. The van der Waals surface area contributed by atoms with Crippen LogP contribution in [0.4, 0.5) is 4.39 Å². The third-order valence-electron chi connectivity index (χ3n) is 6.67. The summed E-state index contributed by atoms with van der Waals surface area (Å²) in [4.78, 5) is 16.1. The zero-order valence-corrected chi connectivity index (χ0v) is 18.6. The lowest BCUT2D eigenvalue weighted by Gasteiger charge is -2.29. The van der Waals surface area contributed by atoms with Gasteiger partial charge in [-0.25, -0.2) is 14.2 Å². The molecular formula is C25H32FNO5. The number of carboxylic acid groups (broad SMARTS) is 1. The number of aromatic carboxylic acids is 1. The van der Waals surface area contributed by atoms with Crippen molar-refractivity contribution in [2.45, 2.75) is 95.8 Å². The minimum atomic E-state index is -0.920. The Kier molecular flexibility index (Phi) is 7.58. The van der Waals surface area contributed by atoms with Gasteiger partial charge in [0.2, 0.25) is 0 Å². The van der Waals surface area contributed by atoms with Crippen molar-refractivity contribution in [3.05, 3.63) is 52.7 Å². The fraction of sp³-hybridized carbons (Fsp3) is 0.600. The lowest BCUT2D eigenvalue weighted by atomic mass is 9.88. The van der Waals surface area contributed by atoms with Crippen LogP contribution in [0.2, 0.25) is 0 Å². The highest BCUT2D eigenvalue weighted by Crippen LogP contribution is 2.34. The van der Waals surface area contributed by atoms with Crippen LogP contribution in [0.3, 0.4) is 0 Å². The van der Waals surface area contributed by atoms with Crippen LogP contribution in [0.25, 0.3) is 0 Å². The van der Waals surface area contributed by atoms with Gasteiger partial charge in [0.15, 0.2) is 5.89 Å². The van der Waals surface area contributed by atoms with E-state index in [2.05, 4.69) is 4.98 Å². The molecule has 0 saturated heterocycles. The molecule has 1 N–H and O–H groups in total. The topological polar surface area (TPSA) is 81.8 Å². The van der Waals surface area contributed by atoms with E-state index in [1.807, 2.05) is 12.1 Å². The number of rotatable bonds is 8. The Balaban J connectivity index is 1.25. The van der Waals surface area contributed by atoms with Crippen molar-refractivity contribution in [1.82, 2.24) is 4.98 Å². The summed E-state index contributed by atoms with van der Waals surface area (Å²) in [6, 6.07) is 5.48. The summed E-state index contributed by atoms with van der Waals surface area (Å²) in [5, 5.41) is 9.49. The number of alkyl halides is 1. The first kappa shape index (κ1) is 22.9.